The normalized spacial score (nSPS) is 12.4. The highest BCUT2D eigenvalue weighted by atomic mass is 16.4. The van der Waals surface area contributed by atoms with Gasteiger partial charge in [-0.3, -0.25) is 0 Å². The van der Waals surface area contributed by atoms with Crippen LogP contribution in [0.2, 0.25) is 0 Å². The Kier molecular flexibility index (Phi) is 7.91. The number of Topliss-reactive ketones (excluding diaryl/α,β-unsaturated/α-hetero) is 1. The molecule has 0 aliphatic carbocycles. The Morgan fingerprint density at radius 2 is 1.60 bits per heavy atom. The molecule has 0 saturated carbocycles. The summed E-state index contributed by atoms with van der Waals surface area (Å²) in [7, 11) is 0. The Morgan fingerprint density at radius 3 is 2.13 bits per heavy atom. The summed E-state index contributed by atoms with van der Waals surface area (Å²) in [5.41, 5.74) is 0. The highest BCUT2D eigenvalue weighted by Crippen LogP contribution is 2.09. The molecule has 4 heteroatoms. The number of unbranched alkanes of at least 4 members (excludes halogenated alkanes) is 4. The van der Waals surface area contributed by atoms with Crippen LogP contribution in [0, 0.1) is 0 Å². The molecule has 4 nitrogen and oxygen atoms in total. The van der Waals surface area contributed by atoms with Gasteiger partial charge in [0.2, 0.25) is 0 Å². The Bertz CT molecular complexity index is 201. The number of aliphatic hydroxyl groups excluding tert-OH is 1. The molecule has 0 aliphatic heterocycles. The molecule has 0 amide bonds. The molecule has 0 bridgehead atoms. The number of carboxylic acids is 1. The minimum absolute atomic E-state index is 0.219. The Hall–Kier alpha value is -0.900. The van der Waals surface area contributed by atoms with Crippen molar-refractivity contribution >= 4 is 11.8 Å². The second-order valence-corrected chi connectivity index (χ2v) is 3.86. The minimum atomic E-state index is -1.22. The molecule has 15 heavy (non-hydrogen) atoms. The van der Waals surface area contributed by atoms with E-state index in [2.05, 4.69) is 0 Å². The molecule has 0 aromatic rings. The van der Waals surface area contributed by atoms with Crippen LogP contribution in [-0.4, -0.2) is 28.1 Å². The number of carbonyl (C=O) groups excluding carboxylic acids is 1. The van der Waals surface area contributed by atoms with Crippen LogP contribution in [0.4, 0.5) is 0 Å². The molecule has 0 aromatic heterocycles. The van der Waals surface area contributed by atoms with Gasteiger partial charge in [0.25, 0.3) is 0 Å². The number of aliphatic carboxylic acids is 1. The summed E-state index contributed by atoms with van der Waals surface area (Å²) in [6, 6.07) is 0. The van der Waals surface area contributed by atoms with Gasteiger partial charge in [-0.15, -0.1) is 0 Å². The number of hydrogen-bond donors (Lipinski definition) is 2. The highest BCUT2D eigenvalue weighted by Gasteiger charge is 2.11. The van der Waals surface area contributed by atoms with E-state index in [0.717, 1.165) is 32.1 Å². The van der Waals surface area contributed by atoms with Crippen LogP contribution in [0.3, 0.4) is 0 Å². The van der Waals surface area contributed by atoms with Crippen molar-refractivity contribution in [3.05, 3.63) is 0 Å². The number of rotatable bonds is 9. The van der Waals surface area contributed by atoms with Gasteiger partial charge in [-0.05, 0) is 19.8 Å². The third-order valence-corrected chi connectivity index (χ3v) is 2.29. The molecule has 2 N–H and O–H groups in total. The van der Waals surface area contributed by atoms with E-state index in [-0.39, 0.29) is 5.78 Å². The summed E-state index contributed by atoms with van der Waals surface area (Å²) in [6.45, 7) is 1.59. The van der Waals surface area contributed by atoms with Gasteiger partial charge in [0.15, 0.2) is 6.10 Å². The van der Waals surface area contributed by atoms with Gasteiger partial charge >= 0.3 is 5.97 Å². The molecule has 0 fully saturated rings. The average Bonchev–Trinajstić information content (AvgIpc) is 2.15. The van der Waals surface area contributed by atoms with Gasteiger partial charge in [-0.2, -0.15) is 0 Å². The fraction of sp³-hybridized carbons (Fsp3) is 0.818. The second kappa shape index (κ2) is 8.41. The van der Waals surface area contributed by atoms with E-state index < -0.39 is 12.1 Å². The van der Waals surface area contributed by atoms with Crippen molar-refractivity contribution in [3.63, 3.8) is 0 Å². The molecule has 0 saturated heterocycles. The standard InChI is InChI=1S/C11H20O4/c1-9(12)7-5-3-2-4-6-8-10(13)11(14)15/h10,13H,2-8H2,1H3,(H,14,15). The summed E-state index contributed by atoms with van der Waals surface area (Å²) >= 11 is 0. The Balaban J connectivity index is 3.18. The summed E-state index contributed by atoms with van der Waals surface area (Å²) in [5, 5.41) is 17.4. The number of carbonyl (C=O) groups is 2. The summed E-state index contributed by atoms with van der Waals surface area (Å²) < 4.78 is 0. The van der Waals surface area contributed by atoms with Crippen LogP contribution in [0.1, 0.15) is 51.9 Å². The van der Waals surface area contributed by atoms with Crippen LogP contribution in [0.5, 0.6) is 0 Å². The molecule has 0 rings (SSSR count). The van der Waals surface area contributed by atoms with E-state index in [1.807, 2.05) is 0 Å². The average molecular weight is 216 g/mol. The van der Waals surface area contributed by atoms with Crippen LogP contribution in [0.15, 0.2) is 0 Å². The van der Waals surface area contributed by atoms with E-state index in [1.54, 1.807) is 6.92 Å². The molecule has 88 valence electrons. The van der Waals surface area contributed by atoms with Crippen molar-refractivity contribution in [2.24, 2.45) is 0 Å². The predicted octanol–water partition coefficient (Wildman–Crippen LogP) is 1.75. The first-order chi connectivity index (χ1) is 7.04. The monoisotopic (exact) mass is 216 g/mol. The van der Waals surface area contributed by atoms with E-state index in [1.165, 1.54) is 0 Å². The highest BCUT2D eigenvalue weighted by molar-refractivity contribution is 5.75. The van der Waals surface area contributed by atoms with Crippen LogP contribution < -0.4 is 0 Å². The van der Waals surface area contributed by atoms with Crippen molar-refractivity contribution in [3.8, 4) is 0 Å². The SMILES string of the molecule is CC(=O)CCCCCCCC(O)C(=O)O. The minimum Gasteiger partial charge on any atom is -0.479 e. The van der Waals surface area contributed by atoms with E-state index in [0.29, 0.717) is 12.8 Å². The third-order valence-electron chi connectivity index (χ3n) is 2.29. The number of ketones is 1. The third kappa shape index (κ3) is 9.41. The van der Waals surface area contributed by atoms with Gasteiger partial charge in [0.05, 0.1) is 0 Å². The van der Waals surface area contributed by atoms with Crippen molar-refractivity contribution in [2.75, 3.05) is 0 Å². The first-order valence-corrected chi connectivity index (χ1v) is 5.44. The first kappa shape index (κ1) is 14.1. The number of carboxylic acid groups (broad SMARTS) is 1. The molecule has 0 spiro atoms. The van der Waals surface area contributed by atoms with Gasteiger partial charge in [-0.1, -0.05) is 25.7 Å². The van der Waals surface area contributed by atoms with Crippen LogP contribution in [-0.2, 0) is 9.59 Å². The first-order valence-electron chi connectivity index (χ1n) is 5.44. The lowest BCUT2D eigenvalue weighted by Crippen LogP contribution is -2.18. The van der Waals surface area contributed by atoms with Gasteiger partial charge < -0.3 is 15.0 Å². The summed E-state index contributed by atoms with van der Waals surface area (Å²) in [6.07, 6.45) is 4.30. The largest absolute Gasteiger partial charge is 0.479 e. The maximum absolute atomic E-state index is 10.6. The lowest BCUT2D eigenvalue weighted by molar-refractivity contribution is -0.147. The van der Waals surface area contributed by atoms with E-state index >= 15 is 0 Å². The van der Waals surface area contributed by atoms with Gasteiger partial charge in [0.1, 0.15) is 5.78 Å². The molecule has 0 radical (unpaired) electrons. The zero-order chi connectivity index (χ0) is 11.7. The van der Waals surface area contributed by atoms with Gasteiger partial charge in [-0.25, -0.2) is 4.79 Å². The fourth-order valence-electron chi connectivity index (χ4n) is 1.37. The predicted molar refractivity (Wildman–Crippen MR) is 56.6 cm³/mol. The zero-order valence-electron chi connectivity index (χ0n) is 9.24. The smallest absolute Gasteiger partial charge is 0.332 e. The van der Waals surface area contributed by atoms with E-state index in [9.17, 15) is 9.59 Å². The van der Waals surface area contributed by atoms with Crippen molar-refractivity contribution in [2.45, 2.75) is 58.0 Å². The Labute approximate surface area is 90.3 Å². The maximum Gasteiger partial charge on any atom is 0.332 e. The zero-order valence-corrected chi connectivity index (χ0v) is 9.24. The Morgan fingerprint density at radius 1 is 1.07 bits per heavy atom. The molecule has 0 aliphatic rings. The van der Waals surface area contributed by atoms with E-state index in [4.69, 9.17) is 10.2 Å². The second-order valence-electron chi connectivity index (χ2n) is 3.86. The maximum atomic E-state index is 10.6. The summed E-state index contributed by atoms with van der Waals surface area (Å²) in [5.74, 6) is -0.928. The molecular formula is C11H20O4. The molecule has 1 unspecified atom stereocenters. The van der Waals surface area contributed by atoms with Crippen LogP contribution in [0.25, 0.3) is 0 Å². The number of aliphatic hydroxyl groups is 1. The summed E-state index contributed by atoms with van der Waals surface area (Å²) in [4.78, 5) is 20.9. The van der Waals surface area contributed by atoms with Crippen molar-refractivity contribution in [1.29, 1.82) is 0 Å². The fourth-order valence-corrected chi connectivity index (χ4v) is 1.37. The quantitative estimate of drug-likeness (QED) is 0.576. The molecule has 0 aromatic carbocycles. The molecule has 1 atom stereocenters. The topological polar surface area (TPSA) is 74.6 Å². The molecular weight excluding hydrogens is 196 g/mol. The van der Waals surface area contributed by atoms with Crippen molar-refractivity contribution in [1.82, 2.24) is 0 Å². The lowest BCUT2D eigenvalue weighted by atomic mass is 10.1. The van der Waals surface area contributed by atoms with Crippen molar-refractivity contribution < 1.29 is 19.8 Å². The lowest BCUT2D eigenvalue weighted by Gasteiger charge is -2.04. The number of hydrogen-bond acceptors (Lipinski definition) is 3. The van der Waals surface area contributed by atoms with Gasteiger partial charge in [0, 0.05) is 6.42 Å². The molecule has 0 heterocycles. The van der Waals surface area contributed by atoms with Crippen LogP contribution >= 0.6 is 0 Å².